The lowest BCUT2D eigenvalue weighted by Crippen LogP contribution is -1.98. The zero-order valence-corrected chi connectivity index (χ0v) is 8.48. The van der Waals surface area contributed by atoms with Crippen LogP contribution in [0.4, 0.5) is 5.82 Å². The second kappa shape index (κ2) is 3.30. The first-order valence-electron chi connectivity index (χ1n) is 4.27. The van der Waals surface area contributed by atoms with Crippen LogP contribution in [0, 0.1) is 0 Å². The Morgan fingerprint density at radius 3 is 3.00 bits per heavy atom. The molecule has 0 saturated heterocycles. The van der Waals surface area contributed by atoms with E-state index in [1.165, 1.54) is 0 Å². The van der Waals surface area contributed by atoms with Crippen LogP contribution in [0.5, 0.6) is 0 Å². The first-order valence-corrected chi connectivity index (χ1v) is 5.15. The Hall–Kier alpha value is -1.16. The molecule has 0 atom stereocenters. The molecule has 2 rings (SSSR count). The van der Waals surface area contributed by atoms with Crippen LogP contribution in [0.3, 0.4) is 0 Å². The minimum Gasteiger partial charge on any atom is -0.372 e. The van der Waals surface area contributed by atoms with Gasteiger partial charge in [0.2, 0.25) is 0 Å². The van der Waals surface area contributed by atoms with Crippen molar-refractivity contribution in [1.82, 2.24) is 9.97 Å². The monoisotopic (exact) mass is 193 g/mol. The van der Waals surface area contributed by atoms with E-state index in [1.54, 1.807) is 11.3 Å². The molecule has 3 nitrogen and oxygen atoms in total. The third-order valence-electron chi connectivity index (χ3n) is 1.92. The Labute approximate surface area is 80.8 Å². The molecule has 0 aliphatic rings. The fraction of sp³-hybridized carbons (Fsp3) is 0.333. The zero-order chi connectivity index (χ0) is 9.26. The van der Waals surface area contributed by atoms with Crippen LogP contribution < -0.4 is 5.32 Å². The Morgan fingerprint density at radius 2 is 2.31 bits per heavy atom. The molecule has 2 heterocycles. The number of rotatable bonds is 2. The van der Waals surface area contributed by atoms with Gasteiger partial charge in [-0.1, -0.05) is 6.92 Å². The van der Waals surface area contributed by atoms with Gasteiger partial charge in [-0.05, 0) is 11.4 Å². The molecule has 0 aliphatic heterocycles. The maximum absolute atomic E-state index is 4.43. The largest absolute Gasteiger partial charge is 0.372 e. The first kappa shape index (κ1) is 8.44. The van der Waals surface area contributed by atoms with Crippen LogP contribution in [0.15, 0.2) is 11.4 Å². The summed E-state index contributed by atoms with van der Waals surface area (Å²) in [5.41, 5.74) is 0. The van der Waals surface area contributed by atoms with Crippen molar-refractivity contribution in [2.45, 2.75) is 13.3 Å². The second-order valence-corrected chi connectivity index (χ2v) is 3.63. The average molecular weight is 193 g/mol. The highest BCUT2D eigenvalue weighted by Gasteiger charge is 2.05. The summed E-state index contributed by atoms with van der Waals surface area (Å²) in [5.74, 6) is 1.84. The van der Waals surface area contributed by atoms with Gasteiger partial charge in [0.1, 0.15) is 16.5 Å². The van der Waals surface area contributed by atoms with Crippen molar-refractivity contribution in [2.75, 3.05) is 12.4 Å². The van der Waals surface area contributed by atoms with E-state index in [-0.39, 0.29) is 0 Å². The van der Waals surface area contributed by atoms with E-state index in [2.05, 4.69) is 22.2 Å². The van der Waals surface area contributed by atoms with Gasteiger partial charge in [0.15, 0.2) is 0 Å². The van der Waals surface area contributed by atoms with Crippen molar-refractivity contribution in [3.8, 4) is 0 Å². The van der Waals surface area contributed by atoms with Crippen LogP contribution in [-0.4, -0.2) is 17.0 Å². The van der Waals surface area contributed by atoms with E-state index >= 15 is 0 Å². The molecule has 0 fully saturated rings. The summed E-state index contributed by atoms with van der Waals surface area (Å²) in [6.45, 7) is 2.06. The standard InChI is InChI=1S/C9H11N3S/c1-3-7-11-8(10-2)6-4-5-13-9(6)12-7/h4-5H,3H2,1-2H3,(H,10,11,12). The predicted molar refractivity (Wildman–Crippen MR) is 56.3 cm³/mol. The van der Waals surface area contributed by atoms with Crippen LogP contribution in [0.1, 0.15) is 12.7 Å². The molecule has 2 aromatic rings. The summed E-state index contributed by atoms with van der Waals surface area (Å²) in [7, 11) is 1.89. The smallest absolute Gasteiger partial charge is 0.138 e. The van der Waals surface area contributed by atoms with Crippen molar-refractivity contribution in [3.63, 3.8) is 0 Å². The summed E-state index contributed by atoms with van der Waals surface area (Å²) in [6.07, 6.45) is 0.878. The predicted octanol–water partition coefficient (Wildman–Crippen LogP) is 2.30. The van der Waals surface area contributed by atoms with Gasteiger partial charge in [0, 0.05) is 13.5 Å². The molecule has 0 amide bonds. The van der Waals surface area contributed by atoms with Gasteiger partial charge in [0.05, 0.1) is 5.39 Å². The highest BCUT2D eigenvalue weighted by molar-refractivity contribution is 7.16. The molecule has 0 aromatic carbocycles. The highest BCUT2D eigenvalue weighted by Crippen LogP contribution is 2.24. The summed E-state index contributed by atoms with van der Waals surface area (Å²) in [6, 6.07) is 2.05. The summed E-state index contributed by atoms with van der Waals surface area (Å²) >= 11 is 1.66. The molecule has 1 N–H and O–H groups in total. The minimum absolute atomic E-state index is 0.878. The molecule has 0 saturated carbocycles. The van der Waals surface area contributed by atoms with Gasteiger partial charge >= 0.3 is 0 Å². The topological polar surface area (TPSA) is 37.8 Å². The van der Waals surface area contributed by atoms with Crippen molar-refractivity contribution in [1.29, 1.82) is 0 Å². The zero-order valence-electron chi connectivity index (χ0n) is 7.66. The molecular weight excluding hydrogens is 182 g/mol. The van der Waals surface area contributed by atoms with Crippen molar-refractivity contribution in [3.05, 3.63) is 17.3 Å². The number of aryl methyl sites for hydroxylation is 1. The lowest BCUT2D eigenvalue weighted by molar-refractivity contribution is 0.965. The SMILES string of the molecule is CCc1nc(NC)c2ccsc2n1. The Morgan fingerprint density at radius 1 is 1.46 bits per heavy atom. The molecule has 0 bridgehead atoms. The Balaban J connectivity index is 2.70. The molecule has 68 valence electrons. The summed E-state index contributed by atoms with van der Waals surface area (Å²) in [4.78, 5) is 9.89. The van der Waals surface area contributed by atoms with Gasteiger partial charge < -0.3 is 5.32 Å². The normalized spacial score (nSPS) is 10.6. The molecular formula is C9H11N3S. The number of thiophene rings is 1. The third kappa shape index (κ3) is 1.37. The van der Waals surface area contributed by atoms with Gasteiger partial charge in [0.25, 0.3) is 0 Å². The van der Waals surface area contributed by atoms with Crippen molar-refractivity contribution in [2.24, 2.45) is 0 Å². The molecule has 2 aromatic heterocycles. The molecule has 0 spiro atoms. The first-order chi connectivity index (χ1) is 6.35. The fourth-order valence-electron chi connectivity index (χ4n) is 1.25. The third-order valence-corrected chi connectivity index (χ3v) is 2.73. The Bertz CT molecular complexity index is 422. The van der Waals surface area contributed by atoms with E-state index in [4.69, 9.17) is 0 Å². The van der Waals surface area contributed by atoms with Crippen LogP contribution in [0.25, 0.3) is 10.2 Å². The fourth-order valence-corrected chi connectivity index (χ4v) is 2.03. The number of aromatic nitrogens is 2. The van der Waals surface area contributed by atoms with Crippen molar-refractivity contribution < 1.29 is 0 Å². The van der Waals surface area contributed by atoms with E-state index < -0.39 is 0 Å². The van der Waals surface area contributed by atoms with Crippen LogP contribution >= 0.6 is 11.3 Å². The van der Waals surface area contributed by atoms with E-state index in [1.807, 2.05) is 18.5 Å². The van der Waals surface area contributed by atoms with Gasteiger partial charge in [-0.2, -0.15) is 0 Å². The number of fused-ring (bicyclic) bond motifs is 1. The van der Waals surface area contributed by atoms with E-state index in [0.717, 1.165) is 28.3 Å². The number of anilines is 1. The highest BCUT2D eigenvalue weighted by atomic mass is 32.1. The Kier molecular flexibility index (Phi) is 2.14. The molecule has 0 aliphatic carbocycles. The molecule has 4 heteroatoms. The van der Waals surface area contributed by atoms with E-state index in [9.17, 15) is 0 Å². The maximum Gasteiger partial charge on any atom is 0.138 e. The van der Waals surface area contributed by atoms with Gasteiger partial charge in [-0.15, -0.1) is 11.3 Å². The molecule has 0 radical (unpaired) electrons. The second-order valence-electron chi connectivity index (χ2n) is 2.73. The van der Waals surface area contributed by atoms with Crippen LogP contribution in [-0.2, 0) is 6.42 Å². The number of hydrogen-bond donors (Lipinski definition) is 1. The average Bonchev–Trinajstić information content (AvgIpc) is 2.63. The summed E-state index contributed by atoms with van der Waals surface area (Å²) in [5, 5.41) is 6.24. The maximum atomic E-state index is 4.43. The quantitative estimate of drug-likeness (QED) is 0.795. The number of hydrogen-bond acceptors (Lipinski definition) is 4. The molecule has 0 unspecified atom stereocenters. The summed E-state index contributed by atoms with van der Waals surface area (Å²) < 4.78 is 0. The lowest BCUT2D eigenvalue weighted by Gasteiger charge is -2.02. The number of nitrogens with zero attached hydrogens (tertiary/aromatic N) is 2. The van der Waals surface area contributed by atoms with E-state index in [0.29, 0.717) is 0 Å². The van der Waals surface area contributed by atoms with Crippen LogP contribution in [0.2, 0.25) is 0 Å². The minimum atomic E-state index is 0.878. The van der Waals surface area contributed by atoms with Crippen molar-refractivity contribution >= 4 is 27.4 Å². The van der Waals surface area contributed by atoms with Gasteiger partial charge in [-0.3, -0.25) is 0 Å². The molecule has 13 heavy (non-hydrogen) atoms. The lowest BCUT2D eigenvalue weighted by atomic mass is 10.3. The van der Waals surface area contributed by atoms with Gasteiger partial charge in [-0.25, -0.2) is 9.97 Å². The number of nitrogens with one attached hydrogen (secondary N) is 1.